The third kappa shape index (κ3) is 9.84. The molecule has 0 aliphatic carbocycles. The molecule has 0 saturated carbocycles. The van der Waals surface area contributed by atoms with Gasteiger partial charge in [-0.25, -0.2) is 0 Å². The van der Waals surface area contributed by atoms with Gasteiger partial charge < -0.3 is 9.84 Å². The Hall–Kier alpha value is -0.0800. The first-order chi connectivity index (χ1) is 6.31. The van der Waals surface area contributed by atoms with Crippen molar-refractivity contribution in [2.24, 2.45) is 0 Å². The van der Waals surface area contributed by atoms with Gasteiger partial charge in [-0.3, -0.25) is 0 Å². The topological polar surface area (TPSA) is 29.5 Å². The van der Waals surface area contributed by atoms with Crippen molar-refractivity contribution < 1.29 is 9.84 Å². The Morgan fingerprint density at radius 3 is 2.38 bits per heavy atom. The standard InChI is InChI=1S/C11H24O2/c1-3-5-7-8-11(12)10-13-9-6-4-2/h11-12H,3-10H2,1-2H3. The van der Waals surface area contributed by atoms with Gasteiger partial charge in [0, 0.05) is 6.61 Å². The second kappa shape index (κ2) is 10.0. The van der Waals surface area contributed by atoms with Crippen LogP contribution in [0.3, 0.4) is 0 Å². The van der Waals surface area contributed by atoms with E-state index in [1.165, 1.54) is 12.8 Å². The predicted octanol–water partition coefficient (Wildman–Crippen LogP) is 2.74. The van der Waals surface area contributed by atoms with Gasteiger partial charge in [-0.05, 0) is 12.8 Å². The van der Waals surface area contributed by atoms with Gasteiger partial charge >= 0.3 is 0 Å². The van der Waals surface area contributed by atoms with Gasteiger partial charge in [0.1, 0.15) is 0 Å². The Labute approximate surface area is 82.3 Å². The van der Waals surface area contributed by atoms with E-state index in [4.69, 9.17) is 4.74 Å². The molecular formula is C11H24O2. The average Bonchev–Trinajstić information content (AvgIpc) is 2.13. The Morgan fingerprint density at radius 2 is 1.77 bits per heavy atom. The maximum atomic E-state index is 9.45. The number of aliphatic hydroxyl groups excluding tert-OH is 1. The van der Waals surface area contributed by atoms with Crippen LogP contribution in [0.25, 0.3) is 0 Å². The molecule has 0 radical (unpaired) electrons. The minimum Gasteiger partial charge on any atom is -0.391 e. The van der Waals surface area contributed by atoms with Gasteiger partial charge in [-0.15, -0.1) is 0 Å². The van der Waals surface area contributed by atoms with Crippen LogP contribution in [0.2, 0.25) is 0 Å². The Bertz CT molecular complexity index is 94.1. The zero-order valence-corrected chi connectivity index (χ0v) is 9.09. The molecule has 0 bridgehead atoms. The Morgan fingerprint density at radius 1 is 1.08 bits per heavy atom. The number of hydrogen-bond acceptors (Lipinski definition) is 2. The molecule has 0 aromatic carbocycles. The van der Waals surface area contributed by atoms with Crippen LogP contribution in [0.1, 0.15) is 52.4 Å². The number of rotatable bonds is 9. The van der Waals surface area contributed by atoms with E-state index in [0.717, 1.165) is 32.3 Å². The fourth-order valence-electron chi connectivity index (χ4n) is 1.18. The first kappa shape index (κ1) is 12.9. The number of aliphatic hydroxyl groups is 1. The van der Waals surface area contributed by atoms with Crippen molar-refractivity contribution in [2.45, 2.75) is 58.5 Å². The van der Waals surface area contributed by atoms with Crippen LogP contribution in [-0.4, -0.2) is 24.4 Å². The minimum atomic E-state index is -0.247. The van der Waals surface area contributed by atoms with E-state index in [9.17, 15) is 5.11 Å². The molecule has 1 N–H and O–H groups in total. The van der Waals surface area contributed by atoms with Gasteiger partial charge in [0.25, 0.3) is 0 Å². The van der Waals surface area contributed by atoms with E-state index in [0.29, 0.717) is 6.61 Å². The summed E-state index contributed by atoms with van der Waals surface area (Å²) in [5, 5.41) is 9.45. The Kier molecular flexibility index (Phi) is 9.94. The highest BCUT2D eigenvalue weighted by atomic mass is 16.5. The lowest BCUT2D eigenvalue weighted by Crippen LogP contribution is -2.15. The summed E-state index contributed by atoms with van der Waals surface area (Å²) in [6.45, 7) is 5.62. The van der Waals surface area contributed by atoms with E-state index >= 15 is 0 Å². The second-order valence-electron chi connectivity index (χ2n) is 3.58. The van der Waals surface area contributed by atoms with Crippen molar-refractivity contribution in [3.8, 4) is 0 Å². The van der Waals surface area contributed by atoms with E-state index in [2.05, 4.69) is 13.8 Å². The average molecular weight is 188 g/mol. The fraction of sp³-hybridized carbons (Fsp3) is 1.00. The predicted molar refractivity (Wildman–Crippen MR) is 55.9 cm³/mol. The highest BCUT2D eigenvalue weighted by molar-refractivity contribution is 4.53. The molecule has 0 fully saturated rings. The van der Waals surface area contributed by atoms with Gasteiger partial charge in [0.2, 0.25) is 0 Å². The van der Waals surface area contributed by atoms with Crippen LogP contribution in [-0.2, 0) is 4.74 Å². The lowest BCUT2D eigenvalue weighted by atomic mass is 10.1. The molecule has 1 unspecified atom stereocenters. The van der Waals surface area contributed by atoms with Gasteiger partial charge in [0.05, 0.1) is 12.7 Å². The molecule has 0 rings (SSSR count). The molecule has 0 spiro atoms. The maximum Gasteiger partial charge on any atom is 0.0773 e. The number of ether oxygens (including phenoxy) is 1. The molecule has 13 heavy (non-hydrogen) atoms. The molecule has 0 aromatic rings. The van der Waals surface area contributed by atoms with E-state index in [1.807, 2.05) is 0 Å². The van der Waals surface area contributed by atoms with E-state index < -0.39 is 0 Å². The second-order valence-corrected chi connectivity index (χ2v) is 3.58. The lowest BCUT2D eigenvalue weighted by Gasteiger charge is -2.10. The van der Waals surface area contributed by atoms with Crippen molar-refractivity contribution in [3.63, 3.8) is 0 Å². The third-order valence-electron chi connectivity index (χ3n) is 2.09. The molecule has 0 heterocycles. The van der Waals surface area contributed by atoms with Crippen molar-refractivity contribution >= 4 is 0 Å². The van der Waals surface area contributed by atoms with Crippen molar-refractivity contribution in [1.29, 1.82) is 0 Å². The smallest absolute Gasteiger partial charge is 0.0773 e. The summed E-state index contributed by atoms with van der Waals surface area (Å²) in [5.41, 5.74) is 0. The highest BCUT2D eigenvalue weighted by Crippen LogP contribution is 2.03. The van der Waals surface area contributed by atoms with Crippen LogP contribution in [0.4, 0.5) is 0 Å². The van der Waals surface area contributed by atoms with Crippen molar-refractivity contribution in [2.75, 3.05) is 13.2 Å². The first-order valence-corrected chi connectivity index (χ1v) is 5.57. The van der Waals surface area contributed by atoms with Gasteiger partial charge in [-0.1, -0.05) is 39.5 Å². The summed E-state index contributed by atoms with van der Waals surface area (Å²) < 4.78 is 5.32. The zero-order chi connectivity index (χ0) is 9.94. The molecule has 2 heteroatoms. The summed E-state index contributed by atoms with van der Waals surface area (Å²) in [7, 11) is 0. The SMILES string of the molecule is CCCCCC(O)COCCCC. The molecule has 0 aliphatic rings. The summed E-state index contributed by atoms with van der Waals surface area (Å²) >= 11 is 0. The van der Waals surface area contributed by atoms with E-state index in [1.54, 1.807) is 0 Å². The maximum absolute atomic E-state index is 9.45. The molecule has 0 saturated heterocycles. The molecule has 2 nitrogen and oxygen atoms in total. The van der Waals surface area contributed by atoms with Gasteiger partial charge in [-0.2, -0.15) is 0 Å². The molecule has 0 aromatic heterocycles. The van der Waals surface area contributed by atoms with Crippen molar-refractivity contribution in [1.82, 2.24) is 0 Å². The van der Waals surface area contributed by atoms with Crippen LogP contribution in [0.5, 0.6) is 0 Å². The lowest BCUT2D eigenvalue weighted by molar-refractivity contribution is 0.0303. The minimum absolute atomic E-state index is 0.247. The molecule has 80 valence electrons. The zero-order valence-electron chi connectivity index (χ0n) is 9.09. The molecule has 1 atom stereocenters. The van der Waals surface area contributed by atoms with E-state index in [-0.39, 0.29) is 6.10 Å². The Balaban J connectivity index is 3.05. The van der Waals surface area contributed by atoms with Gasteiger partial charge in [0.15, 0.2) is 0 Å². The molecular weight excluding hydrogens is 164 g/mol. The first-order valence-electron chi connectivity index (χ1n) is 5.57. The van der Waals surface area contributed by atoms with Crippen LogP contribution in [0.15, 0.2) is 0 Å². The summed E-state index contributed by atoms with van der Waals surface area (Å²) in [5.74, 6) is 0. The normalized spacial score (nSPS) is 13.2. The van der Waals surface area contributed by atoms with Crippen LogP contribution >= 0.6 is 0 Å². The molecule has 0 amide bonds. The molecule has 0 aliphatic heterocycles. The summed E-state index contributed by atoms with van der Waals surface area (Å²) in [4.78, 5) is 0. The number of unbranched alkanes of at least 4 members (excludes halogenated alkanes) is 3. The monoisotopic (exact) mass is 188 g/mol. The quantitative estimate of drug-likeness (QED) is 0.564. The fourth-order valence-corrected chi connectivity index (χ4v) is 1.18. The number of hydrogen-bond donors (Lipinski definition) is 1. The largest absolute Gasteiger partial charge is 0.391 e. The van der Waals surface area contributed by atoms with Crippen LogP contribution in [0, 0.1) is 0 Å². The summed E-state index contributed by atoms with van der Waals surface area (Å²) in [6.07, 6.45) is 6.45. The third-order valence-corrected chi connectivity index (χ3v) is 2.09. The van der Waals surface area contributed by atoms with Crippen LogP contribution < -0.4 is 0 Å². The van der Waals surface area contributed by atoms with Crippen molar-refractivity contribution in [3.05, 3.63) is 0 Å². The highest BCUT2D eigenvalue weighted by Gasteiger charge is 2.02. The summed E-state index contributed by atoms with van der Waals surface area (Å²) in [6, 6.07) is 0.